The van der Waals surface area contributed by atoms with Crippen LogP contribution in [0.4, 0.5) is 0 Å². The van der Waals surface area contributed by atoms with Gasteiger partial charge < -0.3 is 15.4 Å². The van der Waals surface area contributed by atoms with Crippen molar-refractivity contribution in [1.82, 2.24) is 15.6 Å². The molecule has 0 aromatic carbocycles. The van der Waals surface area contributed by atoms with Gasteiger partial charge in [0.05, 0.1) is 12.1 Å². The van der Waals surface area contributed by atoms with E-state index in [2.05, 4.69) is 15.6 Å². The van der Waals surface area contributed by atoms with E-state index in [-0.39, 0.29) is 11.4 Å². The highest BCUT2D eigenvalue weighted by Crippen LogP contribution is 2.18. The van der Waals surface area contributed by atoms with Crippen LogP contribution in [0.5, 0.6) is 0 Å². The van der Waals surface area contributed by atoms with Crippen LogP contribution in [0.3, 0.4) is 0 Å². The van der Waals surface area contributed by atoms with Gasteiger partial charge in [0, 0.05) is 19.9 Å². The molecule has 5 nitrogen and oxygen atoms in total. The van der Waals surface area contributed by atoms with Crippen molar-refractivity contribution in [1.29, 1.82) is 0 Å². The molecule has 2 N–H and O–H groups in total. The van der Waals surface area contributed by atoms with Crippen molar-refractivity contribution in [3.8, 4) is 0 Å². The fraction of sp³-hybridized carbons (Fsp3) is 0.538. The molecule has 1 aliphatic heterocycles. The van der Waals surface area contributed by atoms with Gasteiger partial charge >= 0.3 is 0 Å². The van der Waals surface area contributed by atoms with Gasteiger partial charge in [-0.25, -0.2) is 0 Å². The van der Waals surface area contributed by atoms with Crippen LogP contribution in [0.1, 0.15) is 23.3 Å². The summed E-state index contributed by atoms with van der Waals surface area (Å²) in [5, 5.41) is 6.34. The number of rotatable bonds is 5. The largest absolute Gasteiger partial charge is 0.383 e. The van der Waals surface area contributed by atoms with E-state index in [1.807, 2.05) is 0 Å². The van der Waals surface area contributed by atoms with Crippen LogP contribution in [0.15, 0.2) is 24.4 Å². The molecule has 18 heavy (non-hydrogen) atoms. The number of aromatic nitrogens is 1. The molecule has 5 heteroatoms. The summed E-state index contributed by atoms with van der Waals surface area (Å²) in [5.41, 5.74) is 0.321. The van der Waals surface area contributed by atoms with E-state index in [9.17, 15) is 4.79 Å². The lowest BCUT2D eigenvalue weighted by Gasteiger charge is -2.28. The molecule has 0 radical (unpaired) electrons. The maximum atomic E-state index is 11.9. The Labute approximate surface area is 107 Å². The number of nitrogens with one attached hydrogen (secondary N) is 2. The van der Waals surface area contributed by atoms with Crippen LogP contribution < -0.4 is 10.6 Å². The molecule has 1 fully saturated rings. The molecular formula is C13H19N3O2. The van der Waals surface area contributed by atoms with E-state index < -0.39 is 0 Å². The highest BCUT2D eigenvalue weighted by molar-refractivity contribution is 5.92. The standard InChI is InChI=1S/C13H19N3O2/c1-18-10-13(6-4-8-16-13)9-15-12(17)11-5-2-3-7-14-11/h2-3,5,7,16H,4,6,8-10H2,1H3,(H,15,17). The molecule has 1 aliphatic rings. The van der Waals surface area contributed by atoms with Gasteiger partial charge in [-0.2, -0.15) is 0 Å². The van der Waals surface area contributed by atoms with E-state index in [1.54, 1.807) is 31.5 Å². The van der Waals surface area contributed by atoms with Gasteiger partial charge in [0.1, 0.15) is 5.69 Å². The summed E-state index contributed by atoms with van der Waals surface area (Å²) in [5.74, 6) is -0.139. The van der Waals surface area contributed by atoms with Gasteiger partial charge in [-0.1, -0.05) is 6.07 Å². The molecule has 2 rings (SSSR count). The van der Waals surface area contributed by atoms with Crippen LogP contribution in [0.25, 0.3) is 0 Å². The molecule has 1 atom stereocenters. The second kappa shape index (κ2) is 5.93. The molecule has 1 unspecified atom stereocenters. The van der Waals surface area contributed by atoms with Crippen LogP contribution in [0, 0.1) is 0 Å². The smallest absolute Gasteiger partial charge is 0.269 e. The summed E-state index contributed by atoms with van der Waals surface area (Å²) in [7, 11) is 1.68. The number of amides is 1. The summed E-state index contributed by atoms with van der Waals surface area (Å²) in [6.45, 7) is 2.15. The van der Waals surface area contributed by atoms with E-state index in [0.29, 0.717) is 18.8 Å². The summed E-state index contributed by atoms with van der Waals surface area (Å²) in [6.07, 6.45) is 3.75. The van der Waals surface area contributed by atoms with Gasteiger partial charge in [0.15, 0.2) is 0 Å². The molecule has 1 saturated heterocycles. The van der Waals surface area contributed by atoms with Crippen molar-refractivity contribution in [3.63, 3.8) is 0 Å². The first-order chi connectivity index (χ1) is 8.76. The molecule has 2 heterocycles. The minimum absolute atomic E-state index is 0.126. The van der Waals surface area contributed by atoms with Crippen LogP contribution >= 0.6 is 0 Å². The SMILES string of the molecule is COCC1(CNC(=O)c2ccccn2)CCCN1. The maximum Gasteiger partial charge on any atom is 0.269 e. The van der Waals surface area contributed by atoms with Crippen molar-refractivity contribution in [2.24, 2.45) is 0 Å². The highest BCUT2D eigenvalue weighted by Gasteiger charge is 2.33. The molecule has 0 aliphatic carbocycles. The van der Waals surface area contributed by atoms with Crippen molar-refractivity contribution in [2.75, 3.05) is 26.8 Å². The maximum absolute atomic E-state index is 11.9. The Balaban J connectivity index is 1.92. The van der Waals surface area contributed by atoms with Crippen LogP contribution in [-0.4, -0.2) is 43.2 Å². The van der Waals surface area contributed by atoms with Gasteiger partial charge in [-0.15, -0.1) is 0 Å². The zero-order valence-electron chi connectivity index (χ0n) is 10.6. The number of hydrogen-bond donors (Lipinski definition) is 2. The lowest BCUT2D eigenvalue weighted by atomic mass is 9.98. The second-order valence-corrected chi connectivity index (χ2v) is 4.64. The molecule has 1 aromatic rings. The Morgan fingerprint density at radius 2 is 2.50 bits per heavy atom. The first kappa shape index (κ1) is 13.0. The number of pyridine rings is 1. The van der Waals surface area contributed by atoms with Crippen molar-refractivity contribution < 1.29 is 9.53 Å². The average Bonchev–Trinajstić information content (AvgIpc) is 2.87. The summed E-state index contributed by atoms with van der Waals surface area (Å²) < 4.78 is 5.24. The van der Waals surface area contributed by atoms with Crippen LogP contribution in [-0.2, 0) is 4.74 Å². The van der Waals surface area contributed by atoms with Crippen molar-refractivity contribution >= 4 is 5.91 Å². The predicted molar refractivity (Wildman–Crippen MR) is 68.4 cm³/mol. The fourth-order valence-electron chi connectivity index (χ4n) is 2.31. The topological polar surface area (TPSA) is 63.2 Å². The lowest BCUT2D eigenvalue weighted by molar-refractivity contribution is 0.0887. The third-order valence-corrected chi connectivity index (χ3v) is 3.24. The number of carbonyl (C=O) groups is 1. The zero-order valence-corrected chi connectivity index (χ0v) is 10.6. The summed E-state index contributed by atoms with van der Waals surface area (Å²) in [4.78, 5) is 15.9. The molecule has 0 saturated carbocycles. The molecule has 98 valence electrons. The Morgan fingerprint density at radius 1 is 1.61 bits per heavy atom. The predicted octanol–water partition coefficient (Wildman–Crippen LogP) is 0.580. The van der Waals surface area contributed by atoms with E-state index >= 15 is 0 Å². The minimum atomic E-state index is -0.139. The number of carbonyl (C=O) groups excluding carboxylic acids is 1. The zero-order chi connectivity index (χ0) is 12.8. The third-order valence-electron chi connectivity index (χ3n) is 3.24. The highest BCUT2D eigenvalue weighted by atomic mass is 16.5. The van der Waals surface area contributed by atoms with E-state index in [1.165, 1.54) is 0 Å². The third kappa shape index (κ3) is 3.05. The Bertz CT molecular complexity index is 388. The Kier molecular flexibility index (Phi) is 4.28. The monoisotopic (exact) mass is 249 g/mol. The molecule has 1 amide bonds. The Hall–Kier alpha value is -1.46. The van der Waals surface area contributed by atoms with E-state index in [4.69, 9.17) is 4.74 Å². The molecular weight excluding hydrogens is 230 g/mol. The molecule has 0 spiro atoms. The quantitative estimate of drug-likeness (QED) is 0.801. The van der Waals surface area contributed by atoms with E-state index in [0.717, 1.165) is 19.4 Å². The normalized spacial score (nSPS) is 22.9. The second-order valence-electron chi connectivity index (χ2n) is 4.64. The molecule has 1 aromatic heterocycles. The minimum Gasteiger partial charge on any atom is -0.383 e. The number of nitrogens with zero attached hydrogens (tertiary/aromatic N) is 1. The number of hydrogen-bond acceptors (Lipinski definition) is 4. The first-order valence-corrected chi connectivity index (χ1v) is 6.19. The van der Waals surface area contributed by atoms with Gasteiger partial charge in [-0.3, -0.25) is 9.78 Å². The van der Waals surface area contributed by atoms with Gasteiger partial charge in [-0.05, 0) is 31.5 Å². The Morgan fingerprint density at radius 3 is 3.11 bits per heavy atom. The average molecular weight is 249 g/mol. The summed E-state index contributed by atoms with van der Waals surface area (Å²) >= 11 is 0. The van der Waals surface area contributed by atoms with Crippen molar-refractivity contribution in [3.05, 3.63) is 30.1 Å². The first-order valence-electron chi connectivity index (χ1n) is 6.19. The number of methoxy groups -OCH3 is 1. The molecule has 0 bridgehead atoms. The summed E-state index contributed by atoms with van der Waals surface area (Å²) in [6, 6.07) is 5.31. The number of ether oxygens (including phenoxy) is 1. The van der Waals surface area contributed by atoms with Gasteiger partial charge in [0.25, 0.3) is 5.91 Å². The van der Waals surface area contributed by atoms with Crippen molar-refractivity contribution in [2.45, 2.75) is 18.4 Å². The van der Waals surface area contributed by atoms with Crippen LogP contribution in [0.2, 0.25) is 0 Å². The fourth-order valence-corrected chi connectivity index (χ4v) is 2.31. The van der Waals surface area contributed by atoms with Gasteiger partial charge in [0.2, 0.25) is 0 Å². The lowest BCUT2D eigenvalue weighted by Crippen LogP contribution is -2.53.